The lowest BCUT2D eigenvalue weighted by molar-refractivity contribution is -0.132. The van der Waals surface area contributed by atoms with Crippen LogP contribution in [-0.2, 0) is 9.59 Å². The van der Waals surface area contributed by atoms with Gasteiger partial charge in [-0.2, -0.15) is 0 Å². The van der Waals surface area contributed by atoms with Crippen molar-refractivity contribution >= 4 is 39.1 Å². The lowest BCUT2D eigenvalue weighted by atomic mass is 9.94. The Morgan fingerprint density at radius 3 is 2.35 bits per heavy atom. The monoisotopic (exact) mass is 477 g/mol. The minimum atomic E-state index is -0.831. The molecule has 0 bridgehead atoms. The Morgan fingerprint density at radius 1 is 1.00 bits per heavy atom. The number of halogens is 1. The van der Waals surface area contributed by atoms with Gasteiger partial charge in [-0.3, -0.25) is 14.5 Å². The number of para-hydroxylation sites is 2. The van der Waals surface area contributed by atoms with Gasteiger partial charge in [0, 0.05) is 21.3 Å². The Morgan fingerprint density at radius 2 is 1.68 bits per heavy atom. The minimum Gasteiger partial charge on any atom is -0.507 e. The standard InChI is InChI=1S/C25H20BrNO4/c1-15-14-16(12-13-19(15)26)23(28)21-22(18-10-6-7-11-20(18)31-2)27(25(30)24(21)29)17-8-4-3-5-9-17/h3-14,22,28H,1-2H3/b23-21+. The van der Waals surface area contributed by atoms with Crippen molar-refractivity contribution in [3.05, 3.63) is 99.5 Å². The number of hydrogen-bond donors (Lipinski definition) is 1. The summed E-state index contributed by atoms with van der Waals surface area (Å²) < 4.78 is 6.41. The number of amides is 1. The van der Waals surface area contributed by atoms with Gasteiger partial charge in [-0.25, -0.2) is 0 Å². The molecule has 0 aliphatic carbocycles. The van der Waals surface area contributed by atoms with Crippen LogP contribution in [0.3, 0.4) is 0 Å². The summed E-state index contributed by atoms with van der Waals surface area (Å²) in [6.07, 6.45) is 0. The Bertz CT molecular complexity index is 1200. The second-order valence-corrected chi connectivity index (χ2v) is 8.06. The van der Waals surface area contributed by atoms with E-state index in [9.17, 15) is 14.7 Å². The smallest absolute Gasteiger partial charge is 0.300 e. The van der Waals surface area contributed by atoms with Crippen molar-refractivity contribution in [1.82, 2.24) is 0 Å². The number of nitrogens with zero attached hydrogens (tertiary/aromatic N) is 1. The van der Waals surface area contributed by atoms with Crippen molar-refractivity contribution < 1.29 is 19.4 Å². The van der Waals surface area contributed by atoms with Crippen molar-refractivity contribution in [2.45, 2.75) is 13.0 Å². The number of Topliss-reactive ketones (excluding diaryl/α,β-unsaturated/α-hetero) is 1. The molecule has 4 rings (SSSR count). The molecule has 0 aromatic heterocycles. The third-order valence-electron chi connectivity index (χ3n) is 5.34. The fourth-order valence-corrected chi connectivity index (χ4v) is 4.07. The van der Waals surface area contributed by atoms with E-state index in [4.69, 9.17) is 4.74 Å². The molecule has 6 heteroatoms. The van der Waals surface area contributed by atoms with E-state index in [2.05, 4.69) is 15.9 Å². The molecule has 1 heterocycles. The van der Waals surface area contributed by atoms with Gasteiger partial charge in [0.15, 0.2) is 0 Å². The highest BCUT2D eigenvalue weighted by atomic mass is 79.9. The number of aryl methyl sites for hydroxylation is 1. The molecule has 1 amide bonds. The van der Waals surface area contributed by atoms with Crippen molar-refractivity contribution in [3.8, 4) is 5.75 Å². The van der Waals surface area contributed by atoms with Gasteiger partial charge in [-0.05, 0) is 42.8 Å². The minimum absolute atomic E-state index is 0.0278. The van der Waals surface area contributed by atoms with E-state index in [-0.39, 0.29) is 11.3 Å². The highest BCUT2D eigenvalue weighted by molar-refractivity contribution is 9.10. The van der Waals surface area contributed by atoms with Crippen molar-refractivity contribution in [3.63, 3.8) is 0 Å². The molecule has 1 atom stereocenters. The average molecular weight is 478 g/mol. The molecule has 31 heavy (non-hydrogen) atoms. The Hall–Kier alpha value is -3.38. The maximum Gasteiger partial charge on any atom is 0.300 e. The van der Waals surface area contributed by atoms with E-state index in [0.29, 0.717) is 22.6 Å². The quantitative estimate of drug-likeness (QED) is 0.310. The first-order valence-electron chi connectivity index (χ1n) is 9.69. The predicted octanol–water partition coefficient (Wildman–Crippen LogP) is 5.39. The van der Waals surface area contributed by atoms with Crippen LogP contribution in [-0.4, -0.2) is 23.9 Å². The fraction of sp³-hybridized carbons (Fsp3) is 0.120. The summed E-state index contributed by atoms with van der Waals surface area (Å²) in [5, 5.41) is 11.2. The third kappa shape index (κ3) is 3.64. The molecule has 0 spiro atoms. The van der Waals surface area contributed by atoms with Gasteiger partial charge in [0.1, 0.15) is 11.5 Å². The van der Waals surface area contributed by atoms with E-state index < -0.39 is 17.7 Å². The molecular formula is C25H20BrNO4. The molecule has 1 saturated heterocycles. The van der Waals surface area contributed by atoms with Gasteiger partial charge in [0.25, 0.3) is 11.7 Å². The Kier molecular flexibility index (Phi) is 5.65. The maximum atomic E-state index is 13.2. The molecule has 0 radical (unpaired) electrons. The number of carbonyl (C=O) groups is 2. The number of aliphatic hydroxyl groups is 1. The predicted molar refractivity (Wildman–Crippen MR) is 123 cm³/mol. The molecule has 1 aliphatic heterocycles. The maximum absolute atomic E-state index is 13.2. The number of carbonyl (C=O) groups excluding carboxylic acids is 2. The molecule has 0 saturated carbocycles. The summed E-state index contributed by atoms with van der Waals surface area (Å²) in [5.74, 6) is -1.13. The topological polar surface area (TPSA) is 66.8 Å². The van der Waals surface area contributed by atoms with E-state index in [1.807, 2.05) is 25.1 Å². The zero-order valence-electron chi connectivity index (χ0n) is 17.0. The summed E-state index contributed by atoms with van der Waals surface area (Å²) >= 11 is 3.45. The average Bonchev–Trinajstić information content (AvgIpc) is 3.06. The summed E-state index contributed by atoms with van der Waals surface area (Å²) in [6.45, 7) is 1.89. The zero-order chi connectivity index (χ0) is 22.1. The number of rotatable bonds is 4. The van der Waals surface area contributed by atoms with Gasteiger partial charge < -0.3 is 9.84 Å². The number of benzene rings is 3. The van der Waals surface area contributed by atoms with E-state index in [0.717, 1.165) is 10.0 Å². The molecule has 156 valence electrons. The van der Waals surface area contributed by atoms with E-state index in [1.54, 1.807) is 54.6 Å². The van der Waals surface area contributed by atoms with Crippen molar-refractivity contribution in [2.75, 3.05) is 12.0 Å². The molecular weight excluding hydrogens is 458 g/mol. The van der Waals surface area contributed by atoms with Gasteiger partial charge in [-0.1, -0.05) is 58.4 Å². The molecule has 3 aromatic rings. The van der Waals surface area contributed by atoms with Crippen LogP contribution in [0.5, 0.6) is 5.75 Å². The van der Waals surface area contributed by atoms with Crippen LogP contribution in [0, 0.1) is 6.92 Å². The normalized spacial score (nSPS) is 17.8. The molecule has 3 aromatic carbocycles. The largest absolute Gasteiger partial charge is 0.507 e. The van der Waals surface area contributed by atoms with Crippen LogP contribution in [0.15, 0.2) is 82.8 Å². The lowest BCUT2D eigenvalue weighted by Gasteiger charge is -2.26. The lowest BCUT2D eigenvalue weighted by Crippen LogP contribution is -2.29. The van der Waals surface area contributed by atoms with Crippen LogP contribution in [0.25, 0.3) is 5.76 Å². The third-order valence-corrected chi connectivity index (χ3v) is 6.23. The summed E-state index contributed by atoms with van der Waals surface area (Å²) in [5.41, 5.74) is 2.57. The van der Waals surface area contributed by atoms with Crippen LogP contribution < -0.4 is 9.64 Å². The molecule has 5 nitrogen and oxygen atoms in total. The second-order valence-electron chi connectivity index (χ2n) is 7.21. The molecule has 1 N–H and O–H groups in total. The van der Waals surface area contributed by atoms with Gasteiger partial charge in [0.05, 0.1) is 18.7 Å². The number of anilines is 1. The van der Waals surface area contributed by atoms with E-state index >= 15 is 0 Å². The van der Waals surface area contributed by atoms with Gasteiger partial charge in [-0.15, -0.1) is 0 Å². The highest BCUT2D eigenvalue weighted by Gasteiger charge is 2.47. The molecule has 1 aliphatic rings. The second kappa shape index (κ2) is 8.40. The zero-order valence-corrected chi connectivity index (χ0v) is 18.6. The first kappa shape index (κ1) is 20.9. The van der Waals surface area contributed by atoms with Crippen molar-refractivity contribution in [2.24, 2.45) is 0 Å². The Labute approximate surface area is 188 Å². The number of ketones is 1. The number of ether oxygens (including phenoxy) is 1. The molecule has 1 unspecified atom stereocenters. The van der Waals surface area contributed by atoms with Gasteiger partial charge in [0.2, 0.25) is 0 Å². The Balaban J connectivity index is 1.99. The van der Waals surface area contributed by atoms with Crippen LogP contribution in [0.2, 0.25) is 0 Å². The fourth-order valence-electron chi connectivity index (χ4n) is 3.82. The number of aliphatic hydroxyl groups excluding tert-OH is 1. The molecule has 1 fully saturated rings. The summed E-state index contributed by atoms with van der Waals surface area (Å²) in [6, 6.07) is 20.6. The first-order chi connectivity index (χ1) is 14.9. The van der Waals surface area contributed by atoms with Crippen molar-refractivity contribution in [1.29, 1.82) is 0 Å². The highest BCUT2D eigenvalue weighted by Crippen LogP contribution is 2.44. The van der Waals surface area contributed by atoms with Crippen LogP contribution in [0.1, 0.15) is 22.7 Å². The summed E-state index contributed by atoms with van der Waals surface area (Å²) in [7, 11) is 1.53. The summed E-state index contributed by atoms with van der Waals surface area (Å²) in [4.78, 5) is 27.7. The first-order valence-corrected chi connectivity index (χ1v) is 10.5. The van der Waals surface area contributed by atoms with E-state index in [1.165, 1.54) is 12.0 Å². The number of methoxy groups -OCH3 is 1. The van der Waals surface area contributed by atoms with Crippen LogP contribution >= 0.6 is 15.9 Å². The van der Waals surface area contributed by atoms with Gasteiger partial charge >= 0.3 is 0 Å². The number of hydrogen-bond acceptors (Lipinski definition) is 4. The van der Waals surface area contributed by atoms with Crippen LogP contribution in [0.4, 0.5) is 5.69 Å². The SMILES string of the molecule is COc1ccccc1C1/C(=C(\O)c2ccc(Br)c(C)c2)C(=O)C(=O)N1c1ccccc1.